The van der Waals surface area contributed by atoms with E-state index >= 15 is 0 Å². The summed E-state index contributed by atoms with van der Waals surface area (Å²) < 4.78 is 1.47. The zero-order valence-electron chi connectivity index (χ0n) is 15.2. The topological polar surface area (TPSA) is 99.5 Å². The zero-order chi connectivity index (χ0) is 18.7. The van der Waals surface area contributed by atoms with Gasteiger partial charge in [-0.25, -0.2) is 4.98 Å². The van der Waals surface area contributed by atoms with E-state index in [1.165, 1.54) is 10.9 Å². The monoisotopic (exact) mass is 359 g/mol. The smallest absolute Gasteiger partial charge is 0.261 e. The molecular formula is C18H25N5O3. The molecule has 0 aliphatic carbocycles. The van der Waals surface area contributed by atoms with E-state index in [4.69, 9.17) is 0 Å². The van der Waals surface area contributed by atoms with Crippen molar-refractivity contribution in [1.29, 1.82) is 0 Å². The van der Waals surface area contributed by atoms with Gasteiger partial charge in [0.15, 0.2) is 0 Å². The zero-order valence-corrected chi connectivity index (χ0v) is 15.2. The molecule has 1 aliphatic heterocycles. The van der Waals surface area contributed by atoms with Crippen LogP contribution < -0.4 is 16.2 Å². The maximum Gasteiger partial charge on any atom is 0.261 e. The van der Waals surface area contributed by atoms with Gasteiger partial charge in [0.25, 0.3) is 5.56 Å². The van der Waals surface area contributed by atoms with Crippen molar-refractivity contribution in [3.05, 3.63) is 34.9 Å². The van der Waals surface area contributed by atoms with Crippen LogP contribution >= 0.6 is 0 Å². The van der Waals surface area contributed by atoms with E-state index in [0.29, 0.717) is 29.4 Å². The summed E-state index contributed by atoms with van der Waals surface area (Å²) in [5.41, 5.74) is 0.0511. The van der Waals surface area contributed by atoms with E-state index in [1.54, 1.807) is 23.1 Å². The molecule has 0 atom stereocenters. The summed E-state index contributed by atoms with van der Waals surface area (Å²) in [6.45, 7) is 1.99. The quantitative estimate of drug-likeness (QED) is 0.696. The summed E-state index contributed by atoms with van der Waals surface area (Å²) in [6.07, 6.45) is 2.68. The Morgan fingerprint density at radius 2 is 2.12 bits per heavy atom. The minimum Gasteiger partial charge on any atom is -0.388 e. The van der Waals surface area contributed by atoms with Crippen molar-refractivity contribution in [1.82, 2.24) is 19.8 Å². The van der Waals surface area contributed by atoms with Crippen LogP contribution in [0.3, 0.4) is 0 Å². The number of carbonyl (C=O) groups is 1. The summed E-state index contributed by atoms with van der Waals surface area (Å²) in [7, 11) is 3.64. The lowest BCUT2D eigenvalue weighted by Crippen LogP contribution is -2.46. The number of aromatic nitrogens is 2. The lowest BCUT2D eigenvalue weighted by molar-refractivity contribution is -0.116. The first-order valence-corrected chi connectivity index (χ1v) is 8.73. The van der Waals surface area contributed by atoms with E-state index in [0.717, 1.165) is 13.1 Å². The van der Waals surface area contributed by atoms with Crippen molar-refractivity contribution < 1.29 is 9.90 Å². The Balaban J connectivity index is 1.82. The van der Waals surface area contributed by atoms with Gasteiger partial charge in [-0.15, -0.1) is 0 Å². The Kier molecular flexibility index (Phi) is 5.36. The highest BCUT2D eigenvalue weighted by Crippen LogP contribution is 2.20. The SMILES string of the molecule is CN(C)CC(=O)Nc1ccc2c(=O)n(CC3(O)CCNCC3)cnc2c1. The van der Waals surface area contributed by atoms with Crippen LogP contribution in [0.2, 0.25) is 0 Å². The minimum absolute atomic E-state index is 0.129. The van der Waals surface area contributed by atoms with Gasteiger partial charge in [-0.1, -0.05) is 0 Å². The highest BCUT2D eigenvalue weighted by molar-refractivity contribution is 5.94. The van der Waals surface area contributed by atoms with Crippen LogP contribution in [0.15, 0.2) is 29.3 Å². The highest BCUT2D eigenvalue weighted by atomic mass is 16.3. The number of piperidine rings is 1. The summed E-state index contributed by atoms with van der Waals surface area (Å²) in [5, 5.41) is 17.1. The number of likely N-dealkylation sites (N-methyl/N-ethyl adjacent to an activating group) is 1. The van der Waals surface area contributed by atoms with Gasteiger partial charge in [-0.3, -0.25) is 14.2 Å². The normalized spacial score (nSPS) is 16.8. The molecule has 8 heteroatoms. The second-order valence-corrected chi connectivity index (χ2v) is 7.17. The molecule has 0 bridgehead atoms. The largest absolute Gasteiger partial charge is 0.388 e. The predicted octanol–water partition coefficient (Wildman–Crippen LogP) is 0.0111. The average molecular weight is 359 g/mol. The maximum atomic E-state index is 12.7. The van der Waals surface area contributed by atoms with Crippen molar-refractivity contribution in [3.63, 3.8) is 0 Å². The van der Waals surface area contributed by atoms with Gasteiger partial charge in [0.1, 0.15) is 0 Å². The number of anilines is 1. The van der Waals surface area contributed by atoms with E-state index in [-0.39, 0.29) is 24.6 Å². The number of benzene rings is 1. The van der Waals surface area contributed by atoms with Gasteiger partial charge in [0, 0.05) is 5.69 Å². The summed E-state index contributed by atoms with van der Waals surface area (Å²) in [6, 6.07) is 5.05. The van der Waals surface area contributed by atoms with Gasteiger partial charge in [0.05, 0.1) is 35.9 Å². The Morgan fingerprint density at radius 3 is 2.81 bits per heavy atom. The van der Waals surface area contributed by atoms with E-state index in [1.807, 2.05) is 14.1 Å². The average Bonchev–Trinajstić information content (AvgIpc) is 2.57. The van der Waals surface area contributed by atoms with Crippen LogP contribution in [-0.2, 0) is 11.3 Å². The molecule has 2 heterocycles. The molecule has 1 aliphatic rings. The molecule has 3 N–H and O–H groups in total. The highest BCUT2D eigenvalue weighted by Gasteiger charge is 2.30. The van der Waals surface area contributed by atoms with E-state index < -0.39 is 5.60 Å². The van der Waals surface area contributed by atoms with Crippen molar-refractivity contribution in [2.45, 2.75) is 25.0 Å². The number of rotatable bonds is 5. The van der Waals surface area contributed by atoms with Crippen LogP contribution in [0.1, 0.15) is 12.8 Å². The molecule has 0 radical (unpaired) electrons. The Hall–Kier alpha value is -2.29. The first-order chi connectivity index (χ1) is 12.4. The third-order valence-electron chi connectivity index (χ3n) is 4.57. The molecule has 0 unspecified atom stereocenters. The molecule has 1 fully saturated rings. The summed E-state index contributed by atoms with van der Waals surface area (Å²) in [4.78, 5) is 30.7. The Labute approximate surface area is 151 Å². The molecule has 3 rings (SSSR count). The molecular weight excluding hydrogens is 334 g/mol. The van der Waals surface area contributed by atoms with E-state index in [9.17, 15) is 14.7 Å². The van der Waals surface area contributed by atoms with Crippen molar-refractivity contribution in [3.8, 4) is 0 Å². The molecule has 1 aromatic carbocycles. The number of hydrogen-bond donors (Lipinski definition) is 3. The van der Waals surface area contributed by atoms with Crippen LogP contribution in [0.5, 0.6) is 0 Å². The molecule has 1 saturated heterocycles. The molecule has 0 saturated carbocycles. The van der Waals surface area contributed by atoms with Crippen LogP contribution in [0.4, 0.5) is 5.69 Å². The first kappa shape index (κ1) is 18.5. The maximum absolute atomic E-state index is 12.7. The third kappa shape index (κ3) is 4.27. The van der Waals surface area contributed by atoms with Crippen molar-refractivity contribution in [2.24, 2.45) is 0 Å². The number of fused-ring (bicyclic) bond motifs is 1. The molecule has 0 spiro atoms. The fraction of sp³-hybridized carbons (Fsp3) is 0.500. The molecule has 2 aromatic rings. The number of amides is 1. The van der Waals surface area contributed by atoms with Gasteiger partial charge in [0.2, 0.25) is 5.91 Å². The number of aliphatic hydroxyl groups is 1. The number of carbonyl (C=O) groups excluding carboxylic acids is 1. The number of nitrogens with zero attached hydrogens (tertiary/aromatic N) is 3. The molecule has 1 aromatic heterocycles. The van der Waals surface area contributed by atoms with Crippen LogP contribution in [0, 0.1) is 0 Å². The fourth-order valence-corrected chi connectivity index (χ4v) is 3.20. The summed E-state index contributed by atoms with van der Waals surface area (Å²) in [5.74, 6) is -0.129. The molecule has 8 nitrogen and oxygen atoms in total. The van der Waals surface area contributed by atoms with Gasteiger partial charge < -0.3 is 20.6 Å². The predicted molar refractivity (Wildman–Crippen MR) is 100 cm³/mol. The number of hydrogen-bond acceptors (Lipinski definition) is 6. The van der Waals surface area contributed by atoms with E-state index in [2.05, 4.69) is 15.6 Å². The lowest BCUT2D eigenvalue weighted by Gasteiger charge is -2.32. The van der Waals surface area contributed by atoms with Gasteiger partial charge >= 0.3 is 0 Å². The van der Waals surface area contributed by atoms with Crippen molar-refractivity contribution in [2.75, 3.05) is 39.0 Å². The van der Waals surface area contributed by atoms with Crippen molar-refractivity contribution >= 4 is 22.5 Å². The van der Waals surface area contributed by atoms with Crippen LogP contribution in [0.25, 0.3) is 10.9 Å². The third-order valence-corrected chi connectivity index (χ3v) is 4.57. The van der Waals surface area contributed by atoms with Gasteiger partial charge in [-0.05, 0) is 58.2 Å². The second-order valence-electron chi connectivity index (χ2n) is 7.17. The molecule has 1 amide bonds. The standard InChI is InChI=1S/C18H25N5O3/c1-22(2)10-16(24)21-13-3-4-14-15(9-13)20-12-23(17(14)25)11-18(26)5-7-19-8-6-18/h3-4,9,12,19,26H,5-8,10-11H2,1-2H3,(H,21,24). The summed E-state index contributed by atoms with van der Waals surface area (Å²) >= 11 is 0. The van der Waals surface area contributed by atoms with Crippen LogP contribution in [-0.4, -0.2) is 64.8 Å². The molecule has 140 valence electrons. The van der Waals surface area contributed by atoms with Gasteiger partial charge in [-0.2, -0.15) is 0 Å². The Bertz CT molecular complexity index is 856. The second kappa shape index (κ2) is 7.53. The minimum atomic E-state index is -0.884. The number of nitrogens with one attached hydrogen (secondary N) is 2. The lowest BCUT2D eigenvalue weighted by atomic mass is 9.92. The molecule has 26 heavy (non-hydrogen) atoms. The fourth-order valence-electron chi connectivity index (χ4n) is 3.20. The Morgan fingerprint density at radius 1 is 1.38 bits per heavy atom. The first-order valence-electron chi connectivity index (χ1n) is 8.73.